The third-order valence-corrected chi connectivity index (χ3v) is 3.43. The van der Waals surface area contributed by atoms with E-state index in [2.05, 4.69) is 20.5 Å². The first kappa shape index (κ1) is 14.0. The Morgan fingerprint density at radius 2 is 1.82 bits per heavy atom. The van der Waals surface area contributed by atoms with Gasteiger partial charge in [0.25, 0.3) is 0 Å². The fourth-order valence-corrected chi connectivity index (χ4v) is 2.12. The predicted molar refractivity (Wildman–Crippen MR) is 81.7 cm³/mol. The third-order valence-electron chi connectivity index (χ3n) is 3.43. The molecule has 3 rings (SSSR count). The standard InChI is InChI=1S/C15H16N6O/c1-11-12(2)20(10-16-11)14-5-3-13(4-6-14)19-15(22)9-21-17-7-8-18-21/h3-8,10H,9H2,1-2H3,(H,19,22). The Balaban J connectivity index is 1.69. The summed E-state index contributed by atoms with van der Waals surface area (Å²) in [6, 6.07) is 7.60. The highest BCUT2D eigenvalue weighted by molar-refractivity contribution is 5.90. The second kappa shape index (κ2) is 5.80. The molecule has 0 bridgehead atoms. The summed E-state index contributed by atoms with van der Waals surface area (Å²) >= 11 is 0. The number of benzene rings is 1. The maximum absolute atomic E-state index is 11.9. The molecule has 3 aromatic rings. The van der Waals surface area contributed by atoms with Gasteiger partial charge in [-0.05, 0) is 38.1 Å². The van der Waals surface area contributed by atoms with Crippen molar-refractivity contribution in [2.75, 3.05) is 5.32 Å². The van der Waals surface area contributed by atoms with E-state index in [-0.39, 0.29) is 12.5 Å². The lowest BCUT2D eigenvalue weighted by Gasteiger charge is -2.08. The summed E-state index contributed by atoms with van der Waals surface area (Å²) in [5, 5.41) is 10.6. The van der Waals surface area contributed by atoms with Crippen molar-refractivity contribution in [1.29, 1.82) is 0 Å². The summed E-state index contributed by atoms with van der Waals surface area (Å²) in [6.07, 6.45) is 4.87. The van der Waals surface area contributed by atoms with Crippen LogP contribution in [0.5, 0.6) is 0 Å². The van der Waals surface area contributed by atoms with Gasteiger partial charge in [0.1, 0.15) is 6.54 Å². The average Bonchev–Trinajstić information content (AvgIpc) is 3.12. The molecule has 1 amide bonds. The van der Waals surface area contributed by atoms with Gasteiger partial charge in [0.05, 0.1) is 24.4 Å². The van der Waals surface area contributed by atoms with Crippen molar-refractivity contribution in [3.63, 3.8) is 0 Å². The molecule has 0 saturated carbocycles. The number of hydrogen-bond acceptors (Lipinski definition) is 4. The van der Waals surface area contributed by atoms with Crippen molar-refractivity contribution in [2.24, 2.45) is 0 Å². The van der Waals surface area contributed by atoms with Crippen molar-refractivity contribution in [1.82, 2.24) is 24.5 Å². The van der Waals surface area contributed by atoms with Crippen LogP contribution in [-0.2, 0) is 11.3 Å². The van der Waals surface area contributed by atoms with Crippen LogP contribution < -0.4 is 5.32 Å². The summed E-state index contributed by atoms with van der Waals surface area (Å²) in [7, 11) is 0. The summed E-state index contributed by atoms with van der Waals surface area (Å²) in [6.45, 7) is 4.09. The zero-order valence-corrected chi connectivity index (χ0v) is 12.4. The Morgan fingerprint density at radius 1 is 1.14 bits per heavy atom. The molecular formula is C15H16N6O. The number of nitrogens with one attached hydrogen (secondary N) is 1. The van der Waals surface area contributed by atoms with Gasteiger partial charge in [-0.2, -0.15) is 15.0 Å². The highest BCUT2D eigenvalue weighted by atomic mass is 16.2. The number of carbonyl (C=O) groups is 1. The molecule has 2 heterocycles. The average molecular weight is 296 g/mol. The highest BCUT2D eigenvalue weighted by Crippen LogP contribution is 2.16. The van der Waals surface area contributed by atoms with Crippen molar-refractivity contribution >= 4 is 11.6 Å². The van der Waals surface area contributed by atoms with E-state index in [1.807, 2.05) is 42.7 Å². The molecule has 0 aliphatic carbocycles. The van der Waals surface area contributed by atoms with Crippen LogP contribution >= 0.6 is 0 Å². The van der Waals surface area contributed by atoms with Gasteiger partial charge < -0.3 is 9.88 Å². The van der Waals surface area contributed by atoms with Crippen LogP contribution in [-0.4, -0.2) is 30.5 Å². The molecule has 7 heteroatoms. The minimum atomic E-state index is -0.168. The Morgan fingerprint density at radius 3 is 2.41 bits per heavy atom. The topological polar surface area (TPSA) is 77.6 Å². The lowest BCUT2D eigenvalue weighted by molar-refractivity contribution is -0.117. The quantitative estimate of drug-likeness (QED) is 0.795. The van der Waals surface area contributed by atoms with Crippen molar-refractivity contribution in [3.05, 3.63) is 54.4 Å². The molecule has 2 aromatic heterocycles. The number of nitrogens with zero attached hydrogens (tertiary/aromatic N) is 5. The smallest absolute Gasteiger partial charge is 0.247 e. The molecule has 0 radical (unpaired) electrons. The fraction of sp³-hybridized carbons (Fsp3) is 0.200. The number of carbonyl (C=O) groups excluding carboxylic acids is 1. The van der Waals surface area contributed by atoms with Crippen LogP contribution in [0.15, 0.2) is 43.0 Å². The third kappa shape index (κ3) is 2.88. The monoisotopic (exact) mass is 296 g/mol. The largest absolute Gasteiger partial charge is 0.324 e. The van der Waals surface area contributed by atoms with Gasteiger partial charge in [-0.15, -0.1) is 0 Å². The van der Waals surface area contributed by atoms with Gasteiger partial charge in [-0.25, -0.2) is 4.98 Å². The number of hydrogen-bond donors (Lipinski definition) is 1. The van der Waals surface area contributed by atoms with Gasteiger partial charge in [-0.1, -0.05) is 0 Å². The number of aryl methyl sites for hydroxylation is 1. The second-order valence-corrected chi connectivity index (χ2v) is 4.94. The second-order valence-electron chi connectivity index (χ2n) is 4.94. The van der Waals surface area contributed by atoms with E-state index in [1.54, 1.807) is 6.33 Å². The fourth-order valence-electron chi connectivity index (χ4n) is 2.12. The van der Waals surface area contributed by atoms with Crippen LogP contribution in [0.2, 0.25) is 0 Å². The summed E-state index contributed by atoms with van der Waals surface area (Å²) in [5.41, 5.74) is 3.84. The van der Waals surface area contributed by atoms with E-state index in [1.165, 1.54) is 17.2 Å². The van der Waals surface area contributed by atoms with Gasteiger partial charge in [0, 0.05) is 17.1 Å². The molecule has 112 valence electrons. The van der Waals surface area contributed by atoms with Crippen LogP contribution in [0, 0.1) is 13.8 Å². The molecule has 0 spiro atoms. The molecule has 22 heavy (non-hydrogen) atoms. The summed E-state index contributed by atoms with van der Waals surface area (Å²) in [4.78, 5) is 17.5. The normalized spacial score (nSPS) is 10.6. The molecule has 0 aliphatic rings. The van der Waals surface area contributed by atoms with Gasteiger partial charge >= 0.3 is 0 Å². The Bertz CT molecular complexity index is 773. The molecule has 0 unspecified atom stereocenters. The SMILES string of the molecule is Cc1ncn(-c2ccc(NC(=O)Cn3nccn3)cc2)c1C. The molecule has 0 aliphatic heterocycles. The van der Waals surface area contributed by atoms with Gasteiger partial charge in [0.2, 0.25) is 5.91 Å². The van der Waals surface area contributed by atoms with Gasteiger partial charge in [0.15, 0.2) is 0 Å². The first-order valence-corrected chi connectivity index (χ1v) is 6.88. The minimum Gasteiger partial charge on any atom is -0.324 e. The maximum atomic E-state index is 11.9. The van der Waals surface area contributed by atoms with Crippen LogP contribution in [0.1, 0.15) is 11.4 Å². The molecule has 0 fully saturated rings. The van der Waals surface area contributed by atoms with E-state index in [4.69, 9.17) is 0 Å². The molecule has 7 nitrogen and oxygen atoms in total. The molecule has 0 atom stereocenters. The lowest BCUT2D eigenvalue weighted by atomic mass is 10.2. The zero-order chi connectivity index (χ0) is 15.5. The van der Waals surface area contributed by atoms with E-state index in [9.17, 15) is 4.79 Å². The number of amides is 1. The van der Waals surface area contributed by atoms with E-state index < -0.39 is 0 Å². The number of aromatic nitrogens is 5. The molecule has 0 saturated heterocycles. The van der Waals surface area contributed by atoms with E-state index in [0.29, 0.717) is 0 Å². The van der Waals surface area contributed by atoms with Crippen LogP contribution in [0.4, 0.5) is 5.69 Å². The molecule has 1 N–H and O–H groups in total. The van der Waals surface area contributed by atoms with Gasteiger partial charge in [-0.3, -0.25) is 4.79 Å². The summed E-state index contributed by atoms with van der Waals surface area (Å²) in [5.74, 6) is -0.168. The molecule has 1 aromatic carbocycles. The predicted octanol–water partition coefficient (Wildman–Crippen LogP) is 1.72. The van der Waals surface area contributed by atoms with E-state index in [0.717, 1.165) is 22.8 Å². The first-order chi connectivity index (χ1) is 10.6. The number of imidazole rings is 1. The molecular weight excluding hydrogens is 280 g/mol. The number of rotatable bonds is 4. The minimum absolute atomic E-state index is 0.0918. The first-order valence-electron chi connectivity index (χ1n) is 6.88. The zero-order valence-electron chi connectivity index (χ0n) is 12.4. The van der Waals surface area contributed by atoms with Crippen LogP contribution in [0.3, 0.4) is 0 Å². The lowest BCUT2D eigenvalue weighted by Crippen LogP contribution is -2.20. The maximum Gasteiger partial charge on any atom is 0.247 e. The highest BCUT2D eigenvalue weighted by Gasteiger charge is 2.06. The van der Waals surface area contributed by atoms with Crippen LogP contribution in [0.25, 0.3) is 5.69 Å². The number of anilines is 1. The van der Waals surface area contributed by atoms with E-state index >= 15 is 0 Å². The van der Waals surface area contributed by atoms with Crippen molar-refractivity contribution in [3.8, 4) is 5.69 Å². The Hall–Kier alpha value is -2.96. The Labute approximate surface area is 127 Å². The summed E-state index contributed by atoms with van der Waals surface area (Å²) < 4.78 is 2.01. The van der Waals surface area contributed by atoms with Crippen molar-refractivity contribution in [2.45, 2.75) is 20.4 Å². The Kier molecular flexibility index (Phi) is 3.69. The van der Waals surface area contributed by atoms with Crippen molar-refractivity contribution < 1.29 is 4.79 Å².